The van der Waals surface area contributed by atoms with Crippen molar-refractivity contribution < 1.29 is 9.50 Å². The molecule has 2 N–H and O–H groups in total. The Hall–Kier alpha value is -3.97. The van der Waals surface area contributed by atoms with E-state index in [1.165, 1.54) is 17.7 Å². The van der Waals surface area contributed by atoms with E-state index in [-0.39, 0.29) is 11.7 Å². The highest BCUT2D eigenvalue weighted by molar-refractivity contribution is 6.22. The number of nitrogens with one attached hydrogen (secondary N) is 1. The van der Waals surface area contributed by atoms with Gasteiger partial charge in [0.1, 0.15) is 11.5 Å². The third kappa shape index (κ3) is 3.74. The van der Waals surface area contributed by atoms with Gasteiger partial charge < -0.3 is 19.4 Å². The van der Waals surface area contributed by atoms with E-state index in [1.807, 2.05) is 67.3 Å². The molecule has 6 nitrogen and oxygen atoms in total. The summed E-state index contributed by atoms with van der Waals surface area (Å²) in [5.41, 5.74) is 5.10. The Kier molecular flexibility index (Phi) is 4.95. The molecule has 0 aliphatic rings. The van der Waals surface area contributed by atoms with Crippen LogP contribution in [-0.4, -0.2) is 44.2 Å². The van der Waals surface area contributed by atoms with Gasteiger partial charge in [0.15, 0.2) is 5.88 Å². The second kappa shape index (κ2) is 7.94. The maximum Gasteiger partial charge on any atom is 0.199 e. The van der Waals surface area contributed by atoms with Crippen LogP contribution in [0.2, 0.25) is 0 Å². The summed E-state index contributed by atoms with van der Waals surface area (Å²) < 4.78 is 15.7. The number of aromatic amines is 1. The summed E-state index contributed by atoms with van der Waals surface area (Å²) in [6.07, 6.45) is 5.50. The number of rotatable bonds is 5. The van der Waals surface area contributed by atoms with Gasteiger partial charge in [-0.1, -0.05) is 12.1 Å². The van der Waals surface area contributed by atoms with Gasteiger partial charge in [0.2, 0.25) is 0 Å². The lowest BCUT2D eigenvalue weighted by Crippen LogP contribution is -2.10. The molecule has 160 valence electrons. The first kappa shape index (κ1) is 20.0. The normalized spacial score (nSPS) is 12.3. The molecule has 2 aromatic carbocycles. The summed E-state index contributed by atoms with van der Waals surface area (Å²) in [5.74, 6) is -0.434. The van der Waals surface area contributed by atoms with Crippen molar-refractivity contribution in [2.24, 2.45) is 4.99 Å². The van der Waals surface area contributed by atoms with Gasteiger partial charge in [-0.15, -0.1) is 0 Å². The second-order valence-electron chi connectivity index (χ2n) is 8.01. The molecule has 3 heterocycles. The SMILES string of the molecule is CN(C)Cc1ccc(N=C(c2ccn3ccnc3c2)c2c(O)[nH]c3cc(F)ccc23)cc1. The van der Waals surface area contributed by atoms with Gasteiger partial charge >= 0.3 is 0 Å². The molecule has 0 atom stereocenters. The van der Waals surface area contributed by atoms with Crippen molar-refractivity contribution in [2.45, 2.75) is 6.54 Å². The molecule has 0 unspecified atom stereocenters. The van der Waals surface area contributed by atoms with Crippen molar-refractivity contribution in [3.63, 3.8) is 0 Å². The third-order valence-corrected chi connectivity index (χ3v) is 5.33. The Morgan fingerprint density at radius 1 is 1.09 bits per heavy atom. The zero-order chi connectivity index (χ0) is 22.2. The largest absolute Gasteiger partial charge is 0.494 e. The summed E-state index contributed by atoms with van der Waals surface area (Å²) in [7, 11) is 4.05. The van der Waals surface area contributed by atoms with Gasteiger partial charge in [-0.25, -0.2) is 14.4 Å². The molecular formula is C25H22FN5O. The number of aliphatic imine (C=N–C) groups is 1. The standard InChI is InChI=1S/C25H22FN5O/c1-30(2)15-16-3-6-19(7-4-16)28-24(17-9-11-31-12-10-27-22(31)13-17)23-20-8-5-18(26)14-21(20)29-25(23)32/h3-14,29,32H,15H2,1-2H3. The smallest absolute Gasteiger partial charge is 0.199 e. The van der Waals surface area contributed by atoms with E-state index in [0.717, 1.165) is 23.4 Å². The molecule has 0 spiro atoms. The second-order valence-corrected chi connectivity index (χ2v) is 8.01. The zero-order valence-corrected chi connectivity index (χ0v) is 17.7. The average Bonchev–Trinajstić information content (AvgIpc) is 3.35. The molecule has 32 heavy (non-hydrogen) atoms. The number of pyridine rings is 1. The minimum absolute atomic E-state index is 0.0585. The topological polar surface area (TPSA) is 68.9 Å². The summed E-state index contributed by atoms with van der Waals surface area (Å²) in [6, 6.07) is 16.2. The Morgan fingerprint density at radius 2 is 1.91 bits per heavy atom. The molecular weight excluding hydrogens is 405 g/mol. The number of H-pyrrole nitrogens is 1. The van der Waals surface area contributed by atoms with Crippen LogP contribution < -0.4 is 0 Å². The molecule has 0 aliphatic heterocycles. The van der Waals surface area contributed by atoms with Crippen molar-refractivity contribution >= 4 is 27.9 Å². The van der Waals surface area contributed by atoms with Crippen molar-refractivity contribution in [2.75, 3.05) is 14.1 Å². The first-order chi connectivity index (χ1) is 15.5. The predicted octanol–water partition coefficient (Wildman–Crippen LogP) is 4.89. The number of fused-ring (bicyclic) bond motifs is 2. The summed E-state index contributed by atoms with van der Waals surface area (Å²) >= 11 is 0. The van der Waals surface area contributed by atoms with E-state index in [1.54, 1.807) is 12.3 Å². The number of benzene rings is 2. The molecule has 0 radical (unpaired) electrons. The van der Waals surface area contributed by atoms with Gasteiger partial charge in [0.05, 0.1) is 22.5 Å². The quantitative estimate of drug-likeness (QED) is 0.393. The van der Waals surface area contributed by atoms with Crippen LogP contribution in [0, 0.1) is 5.82 Å². The Balaban J connectivity index is 1.69. The number of halogens is 1. The molecule has 0 saturated heterocycles. The molecule has 0 bridgehead atoms. The minimum Gasteiger partial charge on any atom is -0.494 e. The number of nitrogens with zero attached hydrogens (tertiary/aromatic N) is 4. The van der Waals surface area contributed by atoms with Crippen LogP contribution in [0.4, 0.5) is 10.1 Å². The van der Waals surface area contributed by atoms with Crippen LogP contribution in [-0.2, 0) is 6.54 Å². The van der Waals surface area contributed by atoms with Crippen LogP contribution in [0.25, 0.3) is 16.6 Å². The lowest BCUT2D eigenvalue weighted by atomic mass is 10.0. The van der Waals surface area contributed by atoms with Crippen LogP contribution in [0.1, 0.15) is 16.7 Å². The highest BCUT2D eigenvalue weighted by Crippen LogP contribution is 2.32. The number of hydrogen-bond acceptors (Lipinski definition) is 4. The highest BCUT2D eigenvalue weighted by atomic mass is 19.1. The van der Waals surface area contributed by atoms with Crippen LogP contribution in [0.15, 0.2) is 78.2 Å². The predicted molar refractivity (Wildman–Crippen MR) is 124 cm³/mol. The lowest BCUT2D eigenvalue weighted by molar-refractivity contribution is 0.402. The molecule has 3 aromatic heterocycles. The fraction of sp³-hybridized carbons (Fsp3) is 0.120. The number of aromatic nitrogens is 3. The van der Waals surface area contributed by atoms with E-state index in [2.05, 4.69) is 14.9 Å². The Morgan fingerprint density at radius 3 is 2.69 bits per heavy atom. The highest BCUT2D eigenvalue weighted by Gasteiger charge is 2.19. The van der Waals surface area contributed by atoms with E-state index < -0.39 is 0 Å². The monoisotopic (exact) mass is 427 g/mol. The maximum atomic E-state index is 13.8. The molecule has 0 saturated carbocycles. The van der Waals surface area contributed by atoms with Gasteiger partial charge in [-0.05, 0) is 62.1 Å². The van der Waals surface area contributed by atoms with Gasteiger partial charge in [0.25, 0.3) is 0 Å². The summed E-state index contributed by atoms with van der Waals surface area (Å²) in [5, 5.41) is 11.5. The average molecular weight is 427 g/mol. The maximum absolute atomic E-state index is 13.8. The summed E-state index contributed by atoms with van der Waals surface area (Å²) in [4.78, 5) is 14.3. The molecule has 0 amide bonds. The van der Waals surface area contributed by atoms with E-state index in [4.69, 9.17) is 4.99 Å². The Bertz CT molecular complexity index is 1450. The van der Waals surface area contributed by atoms with Crippen molar-refractivity contribution in [3.05, 3.63) is 95.7 Å². The van der Waals surface area contributed by atoms with E-state index in [9.17, 15) is 9.50 Å². The first-order valence-corrected chi connectivity index (χ1v) is 10.2. The van der Waals surface area contributed by atoms with Crippen molar-refractivity contribution in [3.8, 4) is 5.88 Å². The van der Waals surface area contributed by atoms with E-state index >= 15 is 0 Å². The van der Waals surface area contributed by atoms with Gasteiger partial charge in [-0.3, -0.25) is 0 Å². The Labute approximate surface area is 184 Å². The minimum atomic E-state index is -0.376. The van der Waals surface area contributed by atoms with Crippen LogP contribution in [0.5, 0.6) is 5.88 Å². The zero-order valence-electron chi connectivity index (χ0n) is 17.7. The fourth-order valence-corrected chi connectivity index (χ4v) is 3.89. The number of hydrogen-bond donors (Lipinski definition) is 2. The number of imidazole rings is 1. The van der Waals surface area contributed by atoms with Gasteiger partial charge in [-0.2, -0.15) is 0 Å². The molecule has 5 rings (SSSR count). The number of aromatic hydroxyl groups is 1. The van der Waals surface area contributed by atoms with Crippen LogP contribution >= 0.6 is 0 Å². The molecule has 7 heteroatoms. The van der Waals surface area contributed by atoms with Gasteiger partial charge in [0, 0.05) is 36.1 Å². The first-order valence-electron chi connectivity index (χ1n) is 10.2. The van der Waals surface area contributed by atoms with E-state index in [0.29, 0.717) is 22.2 Å². The molecule has 0 fully saturated rings. The van der Waals surface area contributed by atoms with Crippen molar-refractivity contribution in [1.82, 2.24) is 19.3 Å². The van der Waals surface area contributed by atoms with Crippen molar-refractivity contribution in [1.29, 1.82) is 0 Å². The third-order valence-electron chi connectivity index (χ3n) is 5.33. The molecule has 5 aromatic rings. The lowest BCUT2D eigenvalue weighted by Gasteiger charge is -2.11. The summed E-state index contributed by atoms with van der Waals surface area (Å²) in [6.45, 7) is 0.836. The fourth-order valence-electron chi connectivity index (χ4n) is 3.89. The van der Waals surface area contributed by atoms with Crippen LogP contribution in [0.3, 0.4) is 0 Å². The molecule has 0 aliphatic carbocycles.